The van der Waals surface area contributed by atoms with Crippen molar-refractivity contribution < 1.29 is 34.7 Å². The molecule has 1 heterocycles. The lowest BCUT2D eigenvalue weighted by Crippen LogP contribution is -2.59. The van der Waals surface area contributed by atoms with E-state index in [-0.39, 0.29) is 6.42 Å². The molecule has 6 N–H and O–H groups in total. The van der Waals surface area contributed by atoms with Crippen LogP contribution in [0.1, 0.15) is 13.3 Å². The third kappa shape index (κ3) is 3.61. The van der Waals surface area contributed by atoms with E-state index in [1.165, 1.54) is 0 Å². The van der Waals surface area contributed by atoms with E-state index in [0.717, 1.165) is 0 Å². The highest BCUT2D eigenvalue weighted by Gasteiger charge is 2.44. The van der Waals surface area contributed by atoms with Crippen LogP contribution in [0.2, 0.25) is 0 Å². The van der Waals surface area contributed by atoms with E-state index in [0.29, 0.717) is 0 Å². The molecule has 0 bridgehead atoms. The number of hydrogen-bond donors (Lipinski definition) is 5. The summed E-state index contributed by atoms with van der Waals surface area (Å²) in [6.07, 6.45) is -7.38. The molecule has 4 unspecified atom stereocenters. The van der Waals surface area contributed by atoms with Gasteiger partial charge in [-0.3, -0.25) is 4.79 Å². The summed E-state index contributed by atoms with van der Waals surface area (Å²) in [4.78, 5) is 10.7. The fraction of sp³-hybridized carbons (Fsp3) is 0.900. The molecule has 0 aromatic heterocycles. The molecule has 0 aromatic carbocycles. The molecule has 8 heteroatoms. The topological polar surface area (TPSA) is 142 Å². The summed E-state index contributed by atoms with van der Waals surface area (Å²) in [5.41, 5.74) is 4.98. The first-order chi connectivity index (χ1) is 8.36. The van der Waals surface area contributed by atoms with Crippen LogP contribution in [-0.4, -0.2) is 69.8 Å². The average Bonchev–Trinajstić information content (AvgIpc) is 2.29. The van der Waals surface area contributed by atoms with Crippen molar-refractivity contribution in [2.45, 2.75) is 50.2 Å². The zero-order chi connectivity index (χ0) is 13.9. The first-order valence-electron chi connectivity index (χ1n) is 5.61. The van der Waals surface area contributed by atoms with Crippen molar-refractivity contribution in [1.29, 1.82) is 0 Å². The molecule has 1 rings (SSSR count). The second-order valence-corrected chi connectivity index (χ2v) is 4.31. The molecular formula is C10H19NO7. The van der Waals surface area contributed by atoms with Gasteiger partial charge in [0.05, 0.1) is 19.1 Å². The molecule has 6 atom stereocenters. The minimum Gasteiger partial charge on any atom is -0.394 e. The Kier molecular flexibility index (Phi) is 5.45. The molecule has 1 fully saturated rings. The third-order valence-corrected chi connectivity index (χ3v) is 2.70. The van der Waals surface area contributed by atoms with Crippen molar-refractivity contribution in [2.75, 3.05) is 6.61 Å². The Labute approximate surface area is 104 Å². The Morgan fingerprint density at radius 3 is 2.44 bits per heavy atom. The van der Waals surface area contributed by atoms with Crippen LogP contribution in [0.15, 0.2) is 0 Å². The smallest absolute Gasteiger partial charge is 0.220 e. The molecule has 1 aliphatic heterocycles. The minimum absolute atomic E-state index is 0.0744. The number of ether oxygens (including phenoxy) is 2. The highest BCUT2D eigenvalue weighted by Crippen LogP contribution is 2.23. The number of carbonyl (C=O) groups excluding carboxylic acids is 1. The number of primary amides is 1. The summed E-state index contributed by atoms with van der Waals surface area (Å²) < 4.78 is 10.3. The quantitative estimate of drug-likeness (QED) is 0.358. The molecule has 0 saturated carbocycles. The molecular weight excluding hydrogens is 246 g/mol. The lowest BCUT2D eigenvalue weighted by Gasteiger charge is -2.40. The van der Waals surface area contributed by atoms with Crippen molar-refractivity contribution in [1.82, 2.24) is 0 Å². The molecule has 1 amide bonds. The van der Waals surface area contributed by atoms with Gasteiger partial charge in [-0.2, -0.15) is 0 Å². The Hall–Kier alpha value is -0.770. The molecule has 0 aromatic rings. The fourth-order valence-corrected chi connectivity index (χ4v) is 1.74. The maximum atomic E-state index is 10.7. The van der Waals surface area contributed by atoms with E-state index in [1.807, 2.05) is 0 Å². The molecule has 0 radical (unpaired) electrons. The Bertz CT molecular complexity index is 285. The first-order valence-corrected chi connectivity index (χ1v) is 5.61. The molecule has 18 heavy (non-hydrogen) atoms. The highest BCUT2D eigenvalue weighted by atomic mass is 16.7. The highest BCUT2D eigenvalue weighted by molar-refractivity contribution is 5.74. The molecule has 0 spiro atoms. The Balaban J connectivity index is 2.61. The van der Waals surface area contributed by atoms with Crippen LogP contribution < -0.4 is 5.73 Å². The molecule has 0 aliphatic carbocycles. The summed E-state index contributed by atoms with van der Waals surface area (Å²) in [5, 5.41) is 37.6. The predicted octanol–water partition coefficient (Wildman–Crippen LogP) is -2.93. The van der Waals surface area contributed by atoms with Gasteiger partial charge in [-0.25, -0.2) is 0 Å². The lowest BCUT2D eigenvalue weighted by molar-refractivity contribution is -0.309. The summed E-state index contributed by atoms with van der Waals surface area (Å²) in [5.74, 6) is -0.577. The van der Waals surface area contributed by atoms with E-state index in [1.54, 1.807) is 6.92 Å². The van der Waals surface area contributed by atoms with Crippen LogP contribution in [0.4, 0.5) is 0 Å². The van der Waals surface area contributed by atoms with Gasteiger partial charge in [-0.1, -0.05) is 0 Å². The van der Waals surface area contributed by atoms with Crippen LogP contribution in [0.25, 0.3) is 0 Å². The number of aliphatic hydroxyl groups excluding tert-OH is 4. The zero-order valence-electron chi connectivity index (χ0n) is 9.97. The van der Waals surface area contributed by atoms with Crippen LogP contribution in [-0.2, 0) is 14.3 Å². The van der Waals surface area contributed by atoms with Crippen molar-refractivity contribution >= 4 is 5.91 Å². The summed E-state index contributed by atoms with van der Waals surface area (Å²) in [6.45, 7) is 1.02. The summed E-state index contributed by atoms with van der Waals surface area (Å²) in [7, 11) is 0. The van der Waals surface area contributed by atoms with Gasteiger partial charge in [0.1, 0.15) is 24.4 Å². The third-order valence-electron chi connectivity index (χ3n) is 2.70. The van der Waals surface area contributed by atoms with E-state index >= 15 is 0 Å². The number of rotatable bonds is 5. The maximum absolute atomic E-state index is 10.7. The second kappa shape index (κ2) is 6.41. The van der Waals surface area contributed by atoms with Crippen LogP contribution in [0, 0.1) is 0 Å². The van der Waals surface area contributed by atoms with Gasteiger partial charge in [0.25, 0.3) is 0 Å². The largest absolute Gasteiger partial charge is 0.394 e. The van der Waals surface area contributed by atoms with Crippen LogP contribution in [0.5, 0.6) is 0 Å². The zero-order valence-corrected chi connectivity index (χ0v) is 9.97. The molecule has 106 valence electrons. The number of carbonyl (C=O) groups is 1. The normalized spacial score (nSPS) is 38.4. The number of nitrogens with two attached hydrogens (primary N) is 1. The van der Waals surface area contributed by atoms with Crippen LogP contribution in [0.3, 0.4) is 0 Å². The van der Waals surface area contributed by atoms with Gasteiger partial charge in [0, 0.05) is 0 Å². The number of aliphatic hydroxyl groups is 4. The molecule has 1 aliphatic rings. The monoisotopic (exact) mass is 265 g/mol. The number of amides is 1. The standard InChI is InChI=1S/C10H19NO7/c1-4(2-6(11)13)17-10-9(16)8(15)7(14)5(3-12)18-10/h4-5,7-10,12,14-16H,2-3H2,1H3,(H2,11,13)/t4?,5?,7-,8?,9?,10+/m0/s1. The van der Waals surface area contributed by atoms with Crippen molar-refractivity contribution in [3.63, 3.8) is 0 Å². The summed E-state index contributed by atoms with van der Waals surface area (Å²) in [6, 6.07) is 0. The van der Waals surface area contributed by atoms with Crippen molar-refractivity contribution in [3.05, 3.63) is 0 Å². The van der Waals surface area contributed by atoms with E-state index in [4.69, 9.17) is 20.3 Å². The van der Waals surface area contributed by atoms with Gasteiger partial charge in [0.15, 0.2) is 6.29 Å². The van der Waals surface area contributed by atoms with Gasteiger partial charge >= 0.3 is 0 Å². The van der Waals surface area contributed by atoms with Gasteiger partial charge < -0.3 is 35.6 Å². The van der Waals surface area contributed by atoms with Crippen molar-refractivity contribution in [3.8, 4) is 0 Å². The van der Waals surface area contributed by atoms with Crippen molar-refractivity contribution in [2.24, 2.45) is 5.73 Å². The average molecular weight is 265 g/mol. The predicted molar refractivity (Wildman–Crippen MR) is 58.1 cm³/mol. The molecule has 8 nitrogen and oxygen atoms in total. The second-order valence-electron chi connectivity index (χ2n) is 4.31. The van der Waals surface area contributed by atoms with Gasteiger partial charge in [-0.15, -0.1) is 0 Å². The number of hydrogen-bond acceptors (Lipinski definition) is 7. The lowest BCUT2D eigenvalue weighted by atomic mass is 9.99. The van der Waals surface area contributed by atoms with Gasteiger partial charge in [0.2, 0.25) is 5.91 Å². The van der Waals surface area contributed by atoms with E-state index in [2.05, 4.69) is 0 Å². The van der Waals surface area contributed by atoms with E-state index < -0.39 is 49.3 Å². The SMILES string of the molecule is CC(CC(N)=O)O[C@@H]1OC(CO)[C@H](O)C(O)C1O. The Morgan fingerprint density at radius 1 is 1.33 bits per heavy atom. The van der Waals surface area contributed by atoms with Gasteiger partial charge in [-0.05, 0) is 6.92 Å². The van der Waals surface area contributed by atoms with Crippen LogP contribution >= 0.6 is 0 Å². The maximum Gasteiger partial charge on any atom is 0.220 e. The minimum atomic E-state index is -1.50. The first kappa shape index (κ1) is 15.3. The summed E-state index contributed by atoms with van der Waals surface area (Å²) >= 11 is 0. The fourth-order valence-electron chi connectivity index (χ4n) is 1.74. The van der Waals surface area contributed by atoms with E-state index in [9.17, 15) is 20.1 Å². The Morgan fingerprint density at radius 2 is 1.94 bits per heavy atom. The molecule has 1 saturated heterocycles.